The molecule has 1 aromatic carbocycles. The van der Waals surface area contributed by atoms with Crippen LogP contribution in [0.2, 0.25) is 5.02 Å². The van der Waals surface area contributed by atoms with Crippen LogP contribution in [0, 0.1) is 12.7 Å². The van der Waals surface area contributed by atoms with Gasteiger partial charge in [0.25, 0.3) is 0 Å². The molecule has 0 aliphatic heterocycles. The van der Waals surface area contributed by atoms with Gasteiger partial charge in [-0.15, -0.1) is 0 Å². The summed E-state index contributed by atoms with van der Waals surface area (Å²) in [5.41, 5.74) is 5.54. The normalized spacial score (nSPS) is 12.4. The van der Waals surface area contributed by atoms with Crippen LogP contribution in [0.1, 0.15) is 22.7 Å². The smallest absolute Gasteiger partial charge is 0.123 e. The molecule has 3 N–H and O–H groups in total. The molecule has 3 nitrogen and oxygen atoms in total. The van der Waals surface area contributed by atoms with Crippen LogP contribution in [-0.4, -0.2) is 4.98 Å². The summed E-state index contributed by atoms with van der Waals surface area (Å²) >= 11 is 6.11. The molecule has 0 spiro atoms. The van der Waals surface area contributed by atoms with Gasteiger partial charge in [-0.1, -0.05) is 17.7 Å². The van der Waals surface area contributed by atoms with Gasteiger partial charge in [0, 0.05) is 12.4 Å². The Bertz CT molecular complexity index is 574. The molecule has 100 valence electrons. The van der Waals surface area contributed by atoms with Crippen LogP contribution < -0.4 is 11.3 Å². The highest BCUT2D eigenvalue weighted by molar-refractivity contribution is 6.31. The molecular weight excluding hydrogens is 265 g/mol. The zero-order valence-electron chi connectivity index (χ0n) is 10.5. The number of aromatic nitrogens is 1. The van der Waals surface area contributed by atoms with Gasteiger partial charge < -0.3 is 0 Å². The quantitative estimate of drug-likeness (QED) is 0.668. The Morgan fingerprint density at radius 2 is 2.21 bits per heavy atom. The second kappa shape index (κ2) is 6.10. The minimum absolute atomic E-state index is 0.139. The fourth-order valence-electron chi connectivity index (χ4n) is 2.04. The first-order valence-corrected chi connectivity index (χ1v) is 6.30. The van der Waals surface area contributed by atoms with Crippen LogP contribution in [0.4, 0.5) is 4.39 Å². The summed E-state index contributed by atoms with van der Waals surface area (Å²) in [7, 11) is 0. The molecule has 2 aromatic rings. The average molecular weight is 280 g/mol. The molecule has 0 aliphatic carbocycles. The highest BCUT2D eigenvalue weighted by Gasteiger charge is 2.15. The van der Waals surface area contributed by atoms with Gasteiger partial charge in [-0.05, 0) is 48.2 Å². The van der Waals surface area contributed by atoms with Crippen LogP contribution in [0.5, 0.6) is 0 Å². The first-order chi connectivity index (χ1) is 9.11. The molecule has 1 atom stereocenters. The molecule has 0 saturated heterocycles. The number of aryl methyl sites for hydroxylation is 1. The molecule has 0 fully saturated rings. The topological polar surface area (TPSA) is 50.9 Å². The van der Waals surface area contributed by atoms with E-state index in [4.69, 9.17) is 17.4 Å². The van der Waals surface area contributed by atoms with E-state index in [0.29, 0.717) is 11.4 Å². The van der Waals surface area contributed by atoms with E-state index < -0.39 is 0 Å². The van der Waals surface area contributed by atoms with Crippen LogP contribution in [0.15, 0.2) is 36.7 Å². The monoisotopic (exact) mass is 279 g/mol. The second-order valence-corrected chi connectivity index (χ2v) is 4.80. The number of rotatable bonds is 4. The third-order valence-corrected chi connectivity index (χ3v) is 3.42. The van der Waals surface area contributed by atoms with Crippen molar-refractivity contribution in [2.75, 3.05) is 0 Å². The molecule has 1 unspecified atom stereocenters. The summed E-state index contributed by atoms with van der Waals surface area (Å²) in [5, 5.41) is 0.560. The summed E-state index contributed by atoms with van der Waals surface area (Å²) in [6.45, 7) is 1.88. The molecule has 2 rings (SSSR count). The number of pyridine rings is 1. The minimum Gasteiger partial charge on any atom is -0.271 e. The molecule has 5 heteroatoms. The number of halogens is 2. The van der Waals surface area contributed by atoms with E-state index >= 15 is 0 Å². The molecule has 0 bridgehead atoms. The lowest BCUT2D eigenvalue weighted by atomic mass is 9.97. The van der Waals surface area contributed by atoms with E-state index in [-0.39, 0.29) is 11.9 Å². The highest BCUT2D eigenvalue weighted by atomic mass is 35.5. The Morgan fingerprint density at radius 3 is 2.84 bits per heavy atom. The summed E-state index contributed by atoms with van der Waals surface area (Å²) in [6, 6.07) is 6.41. The predicted molar refractivity (Wildman–Crippen MR) is 74.2 cm³/mol. The van der Waals surface area contributed by atoms with Crippen molar-refractivity contribution in [3.8, 4) is 0 Å². The molecular formula is C14H15ClFN3. The summed E-state index contributed by atoms with van der Waals surface area (Å²) < 4.78 is 13.1. The lowest BCUT2D eigenvalue weighted by Crippen LogP contribution is -2.30. The summed E-state index contributed by atoms with van der Waals surface area (Å²) in [6.07, 6.45) is 3.88. The van der Waals surface area contributed by atoms with Crippen LogP contribution in [-0.2, 0) is 6.42 Å². The van der Waals surface area contributed by atoms with Crippen molar-refractivity contribution >= 4 is 11.6 Å². The van der Waals surface area contributed by atoms with Gasteiger partial charge in [0.2, 0.25) is 0 Å². The van der Waals surface area contributed by atoms with E-state index in [2.05, 4.69) is 10.4 Å². The van der Waals surface area contributed by atoms with E-state index in [0.717, 1.165) is 16.7 Å². The third kappa shape index (κ3) is 3.29. The van der Waals surface area contributed by atoms with Gasteiger partial charge in [0.05, 0.1) is 11.1 Å². The van der Waals surface area contributed by atoms with Crippen molar-refractivity contribution in [2.24, 2.45) is 5.84 Å². The van der Waals surface area contributed by atoms with Crippen molar-refractivity contribution in [1.82, 2.24) is 10.4 Å². The number of hydrazine groups is 1. The lowest BCUT2D eigenvalue weighted by Gasteiger charge is -2.18. The number of benzene rings is 1. The molecule has 0 saturated carbocycles. The average Bonchev–Trinajstić information content (AvgIpc) is 2.39. The van der Waals surface area contributed by atoms with Crippen LogP contribution >= 0.6 is 11.6 Å². The van der Waals surface area contributed by atoms with Gasteiger partial charge in [0.1, 0.15) is 5.82 Å². The SMILES string of the molecule is Cc1cc(F)ccc1CC(NN)c1ccncc1Cl. The second-order valence-electron chi connectivity index (χ2n) is 4.39. The molecule has 0 amide bonds. The Balaban J connectivity index is 2.27. The molecule has 19 heavy (non-hydrogen) atoms. The number of hydrogen-bond donors (Lipinski definition) is 2. The van der Waals surface area contributed by atoms with Crippen LogP contribution in [0.3, 0.4) is 0 Å². The third-order valence-electron chi connectivity index (χ3n) is 3.11. The van der Waals surface area contributed by atoms with Crippen molar-refractivity contribution in [3.05, 3.63) is 64.2 Å². The Morgan fingerprint density at radius 1 is 1.42 bits per heavy atom. The van der Waals surface area contributed by atoms with Crippen molar-refractivity contribution in [1.29, 1.82) is 0 Å². The van der Waals surface area contributed by atoms with E-state index in [1.165, 1.54) is 12.1 Å². The van der Waals surface area contributed by atoms with Gasteiger partial charge in [-0.2, -0.15) is 0 Å². The van der Waals surface area contributed by atoms with Gasteiger partial charge in [0.15, 0.2) is 0 Å². The van der Waals surface area contributed by atoms with E-state index in [9.17, 15) is 4.39 Å². The Hall–Kier alpha value is -1.49. The van der Waals surface area contributed by atoms with Gasteiger partial charge in [-0.25, -0.2) is 4.39 Å². The minimum atomic E-state index is -0.236. The molecule has 0 aliphatic rings. The first kappa shape index (κ1) is 13.9. The number of nitrogens with zero attached hydrogens (tertiary/aromatic N) is 1. The number of nitrogens with one attached hydrogen (secondary N) is 1. The van der Waals surface area contributed by atoms with E-state index in [1.54, 1.807) is 18.5 Å². The number of hydrogen-bond acceptors (Lipinski definition) is 3. The maximum absolute atomic E-state index is 13.1. The summed E-state index contributed by atoms with van der Waals surface area (Å²) in [5.74, 6) is 5.36. The van der Waals surface area contributed by atoms with Gasteiger partial charge >= 0.3 is 0 Å². The van der Waals surface area contributed by atoms with Crippen molar-refractivity contribution < 1.29 is 4.39 Å². The fourth-order valence-corrected chi connectivity index (χ4v) is 2.29. The highest BCUT2D eigenvalue weighted by Crippen LogP contribution is 2.25. The number of nitrogens with two attached hydrogens (primary N) is 1. The standard InChI is InChI=1S/C14H15ClFN3/c1-9-6-11(16)3-2-10(9)7-14(19-17)12-4-5-18-8-13(12)15/h2-6,8,14,19H,7,17H2,1H3. The predicted octanol–water partition coefficient (Wildman–Crippen LogP) is 2.93. The largest absolute Gasteiger partial charge is 0.271 e. The first-order valence-electron chi connectivity index (χ1n) is 5.92. The Labute approximate surface area is 116 Å². The van der Waals surface area contributed by atoms with Crippen molar-refractivity contribution in [3.63, 3.8) is 0 Å². The fraction of sp³-hybridized carbons (Fsp3) is 0.214. The Kier molecular flexibility index (Phi) is 4.47. The van der Waals surface area contributed by atoms with E-state index in [1.807, 2.05) is 13.0 Å². The van der Waals surface area contributed by atoms with Crippen LogP contribution in [0.25, 0.3) is 0 Å². The molecule has 0 radical (unpaired) electrons. The van der Waals surface area contributed by atoms with Gasteiger partial charge in [-0.3, -0.25) is 16.3 Å². The zero-order valence-corrected chi connectivity index (χ0v) is 11.3. The summed E-state index contributed by atoms with van der Waals surface area (Å²) in [4.78, 5) is 3.95. The maximum atomic E-state index is 13.1. The molecule has 1 heterocycles. The molecule has 1 aromatic heterocycles. The zero-order chi connectivity index (χ0) is 13.8. The lowest BCUT2D eigenvalue weighted by molar-refractivity contribution is 0.549. The maximum Gasteiger partial charge on any atom is 0.123 e. The van der Waals surface area contributed by atoms with Crippen molar-refractivity contribution in [2.45, 2.75) is 19.4 Å².